The molecule has 0 aromatic carbocycles. The van der Waals surface area contributed by atoms with Crippen LogP contribution in [0, 0.1) is 0 Å². The molecule has 7 heteroatoms. The highest BCUT2D eigenvalue weighted by molar-refractivity contribution is 9.10. The molecule has 0 amide bonds. The molecule has 0 unspecified atom stereocenters. The number of alkyl halides is 3. The molecule has 1 aliphatic heterocycles. The van der Waals surface area contributed by atoms with E-state index in [4.69, 9.17) is 4.42 Å². The first-order valence-corrected chi connectivity index (χ1v) is 6.52. The number of nitrogens with zero attached hydrogens (tertiary/aromatic N) is 1. The van der Waals surface area contributed by atoms with Gasteiger partial charge < -0.3 is 9.73 Å². The lowest BCUT2D eigenvalue weighted by molar-refractivity contribution is -0.150. The Kier molecular flexibility index (Phi) is 4.34. The molecule has 1 saturated heterocycles. The Balaban J connectivity index is 2.16. The summed E-state index contributed by atoms with van der Waals surface area (Å²) in [5, 5.41) is 3.13. The minimum absolute atomic E-state index is 0.362. The predicted octanol–water partition coefficient (Wildman–Crippen LogP) is 2.94. The van der Waals surface area contributed by atoms with Crippen molar-refractivity contribution in [2.24, 2.45) is 0 Å². The van der Waals surface area contributed by atoms with Crippen molar-refractivity contribution in [3.05, 3.63) is 22.6 Å². The molecule has 0 aliphatic carbocycles. The Bertz CT molecular complexity index is 388. The predicted molar refractivity (Wildman–Crippen MR) is 64.3 cm³/mol. The van der Waals surface area contributed by atoms with Crippen LogP contribution < -0.4 is 5.32 Å². The van der Waals surface area contributed by atoms with Crippen LogP contribution in [0.4, 0.5) is 13.2 Å². The SMILES string of the molecule is FC(F)(F)C[C@@H](c1ccc(Br)o1)N1CCNCC1. The summed E-state index contributed by atoms with van der Waals surface area (Å²) in [4.78, 5) is 1.81. The number of furan rings is 1. The van der Waals surface area contributed by atoms with Gasteiger partial charge in [-0.25, -0.2) is 0 Å². The van der Waals surface area contributed by atoms with Gasteiger partial charge in [-0.3, -0.25) is 4.90 Å². The van der Waals surface area contributed by atoms with Crippen molar-refractivity contribution in [1.82, 2.24) is 10.2 Å². The van der Waals surface area contributed by atoms with Crippen LogP contribution >= 0.6 is 15.9 Å². The van der Waals surface area contributed by atoms with Gasteiger partial charge in [0.2, 0.25) is 0 Å². The van der Waals surface area contributed by atoms with Gasteiger partial charge in [-0.15, -0.1) is 0 Å². The minimum atomic E-state index is -4.20. The molecule has 0 bridgehead atoms. The Labute approximate surface area is 111 Å². The van der Waals surface area contributed by atoms with Crippen molar-refractivity contribution >= 4 is 15.9 Å². The number of piperazine rings is 1. The molecule has 3 nitrogen and oxygen atoms in total. The average molecular weight is 327 g/mol. The second-order valence-corrected chi connectivity index (χ2v) is 5.04. The zero-order chi connectivity index (χ0) is 13.2. The van der Waals surface area contributed by atoms with E-state index in [1.54, 1.807) is 12.1 Å². The highest BCUT2D eigenvalue weighted by atomic mass is 79.9. The molecule has 0 saturated carbocycles. The Hall–Kier alpha value is -0.530. The van der Waals surface area contributed by atoms with Crippen molar-refractivity contribution in [1.29, 1.82) is 0 Å². The number of nitrogens with one attached hydrogen (secondary N) is 1. The molecule has 0 radical (unpaired) electrons. The van der Waals surface area contributed by atoms with E-state index in [1.165, 1.54) is 0 Å². The highest BCUT2D eigenvalue weighted by Gasteiger charge is 2.37. The molecule has 1 fully saturated rings. The van der Waals surface area contributed by atoms with Crippen LogP contribution in [-0.4, -0.2) is 37.3 Å². The molecule has 1 aromatic rings. The third-order valence-corrected chi connectivity index (χ3v) is 3.37. The van der Waals surface area contributed by atoms with Crippen LogP contribution in [0.2, 0.25) is 0 Å². The van der Waals surface area contributed by atoms with E-state index in [9.17, 15) is 13.2 Å². The molecular formula is C11H14BrF3N2O. The number of halogens is 4. The molecule has 1 atom stereocenters. The van der Waals surface area contributed by atoms with Crippen molar-refractivity contribution in [3.8, 4) is 0 Å². The van der Waals surface area contributed by atoms with Crippen molar-refractivity contribution in [3.63, 3.8) is 0 Å². The zero-order valence-electron chi connectivity index (χ0n) is 9.63. The van der Waals surface area contributed by atoms with E-state index in [-0.39, 0.29) is 0 Å². The van der Waals surface area contributed by atoms with E-state index in [2.05, 4.69) is 21.2 Å². The normalized spacial score (nSPS) is 20.0. The third kappa shape index (κ3) is 3.73. The summed E-state index contributed by atoms with van der Waals surface area (Å²) in [6.07, 6.45) is -5.08. The third-order valence-electron chi connectivity index (χ3n) is 2.94. The smallest absolute Gasteiger partial charge is 0.391 e. The topological polar surface area (TPSA) is 28.4 Å². The average Bonchev–Trinajstić information content (AvgIpc) is 2.73. The molecule has 1 aromatic heterocycles. The molecule has 2 rings (SSSR count). The first kappa shape index (κ1) is 13.9. The molecule has 1 N–H and O–H groups in total. The Morgan fingerprint density at radius 1 is 1.33 bits per heavy atom. The van der Waals surface area contributed by atoms with Gasteiger partial charge in [-0.05, 0) is 28.1 Å². The van der Waals surface area contributed by atoms with Crippen LogP contribution in [0.3, 0.4) is 0 Å². The lowest BCUT2D eigenvalue weighted by Crippen LogP contribution is -2.46. The molecule has 1 aliphatic rings. The van der Waals surface area contributed by atoms with Gasteiger partial charge in [0.15, 0.2) is 4.67 Å². The van der Waals surface area contributed by atoms with Crippen LogP contribution in [-0.2, 0) is 0 Å². The van der Waals surface area contributed by atoms with Crippen LogP contribution in [0.25, 0.3) is 0 Å². The van der Waals surface area contributed by atoms with Crippen LogP contribution in [0.15, 0.2) is 21.2 Å². The second-order valence-electron chi connectivity index (χ2n) is 4.26. The fourth-order valence-electron chi connectivity index (χ4n) is 2.13. The zero-order valence-corrected chi connectivity index (χ0v) is 11.2. The number of hydrogen-bond acceptors (Lipinski definition) is 3. The molecular weight excluding hydrogens is 313 g/mol. The monoisotopic (exact) mass is 326 g/mol. The Morgan fingerprint density at radius 3 is 2.50 bits per heavy atom. The van der Waals surface area contributed by atoms with Gasteiger partial charge >= 0.3 is 6.18 Å². The standard InChI is InChI=1S/C11H14BrF3N2O/c12-10-2-1-9(18-10)8(7-11(13,14)15)17-5-3-16-4-6-17/h1-2,8,16H,3-7H2/t8-/m0/s1. The van der Waals surface area contributed by atoms with Gasteiger partial charge in [0.25, 0.3) is 0 Å². The van der Waals surface area contributed by atoms with Gasteiger partial charge in [-0.2, -0.15) is 13.2 Å². The van der Waals surface area contributed by atoms with Gasteiger partial charge in [0.1, 0.15) is 5.76 Å². The quantitative estimate of drug-likeness (QED) is 0.925. The number of hydrogen-bond donors (Lipinski definition) is 1. The summed E-state index contributed by atoms with van der Waals surface area (Å²) in [5.74, 6) is 0.362. The van der Waals surface area contributed by atoms with E-state index < -0.39 is 18.6 Å². The largest absolute Gasteiger partial charge is 0.453 e. The summed E-state index contributed by atoms with van der Waals surface area (Å²) in [7, 11) is 0. The van der Waals surface area contributed by atoms with E-state index in [1.807, 2.05) is 4.90 Å². The molecule has 102 valence electrons. The first-order valence-electron chi connectivity index (χ1n) is 5.72. The Morgan fingerprint density at radius 2 is 2.00 bits per heavy atom. The van der Waals surface area contributed by atoms with Gasteiger partial charge in [-0.1, -0.05) is 0 Å². The van der Waals surface area contributed by atoms with Crippen molar-refractivity contribution in [2.45, 2.75) is 18.6 Å². The van der Waals surface area contributed by atoms with Crippen LogP contribution in [0.5, 0.6) is 0 Å². The maximum absolute atomic E-state index is 12.7. The fraction of sp³-hybridized carbons (Fsp3) is 0.636. The lowest BCUT2D eigenvalue weighted by Gasteiger charge is -2.34. The first-order chi connectivity index (χ1) is 8.46. The van der Waals surface area contributed by atoms with Crippen molar-refractivity contribution < 1.29 is 17.6 Å². The maximum Gasteiger partial charge on any atom is 0.391 e. The second kappa shape index (κ2) is 5.63. The van der Waals surface area contributed by atoms with Gasteiger partial charge in [0.05, 0.1) is 12.5 Å². The number of rotatable bonds is 3. The van der Waals surface area contributed by atoms with E-state index >= 15 is 0 Å². The summed E-state index contributed by atoms with van der Waals surface area (Å²) in [6.45, 7) is 2.60. The maximum atomic E-state index is 12.7. The van der Waals surface area contributed by atoms with Crippen molar-refractivity contribution in [2.75, 3.05) is 26.2 Å². The summed E-state index contributed by atoms with van der Waals surface area (Å²) < 4.78 is 43.7. The fourth-order valence-corrected chi connectivity index (χ4v) is 2.45. The van der Waals surface area contributed by atoms with E-state index in [0.717, 1.165) is 0 Å². The lowest BCUT2D eigenvalue weighted by atomic mass is 10.1. The minimum Gasteiger partial charge on any atom is -0.453 e. The summed E-state index contributed by atoms with van der Waals surface area (Å²) in [5.41, 5.74) is 0. The van der Waals surface area contributed by atoms with Gasteiger partial charge in [0, 0.05) is 26.2 Å². The highest BCUT2D eigenvalue weighted by Crippen LogP contribution is 2.35. The van der Waals surface area contributed by atoms with Crippen LogP contribution in [0.1, 0.15) is 18.2 Å². The summed E-state index contributed by atoms with van der Waals surface area (Å²) >= 11 is 3.13. The summed E-state index contributed by atoms with van der Waals surface area (Å²) in [6, 6.07) is 2.49. The van der Waals surface area contributed by atoms with E-state index in [0.29, 0.717) is 36.6 Å². The molecule has 2 heterocycles. The molecule has 0 spiro atoms. The molecule has 18 heavy (non-hydrogen) atoms.